The van der Waals surface area contributed by atoms with Crippen LogP contribution in [0.15, 0.2) is 30.6 Å². The molecule has 0 saturated carbocycles. The van der Waals surface area contributed by atoms with Crippen molar-refractivity contribution in [3.8, 4) is 0 Å². The quantitative estimate of drug-likeness (QED) is 0.817. The van der Waals surface area contributed by atoms with Crippen LogP contribution in [-0.2, 0) is 17.8 Å². The van der Waals surface area contributed by atoms with Crippen molar-refractivity contribution in [2.24, 2.45) is 0 Å². The zero-order valence-corrected chi connectivity index (χ0v) is 12.8. The highest BCUT2D eigenvalue weighted by Gasteiger charge is 2.11. The van der Waals surface area contributed by atoms with Gasteiger partial charge in [-0.15, -0.1) is 0 Å². The van der Waals surface area contributed by atoms with Gasteiger partial charge in [-0.25, -0.2) is 9.97 Å². The molecule has 1 heterocycles. The predicted octanol–water partition coefficient (Wildman–Crippen LogP) is 3.36. The number of aromatic nitrogens is 2. The van der Waals surface area contributed by atoms with Crippen molar-refractivity contribution in [1.82, 2.24) is 9.97 Å². The highest BCUT2D eigenvalue weighted by Crippen LogP contribution is 2.26. The SMILES string of the molecule is CCNc1ncnc(Nc2ccccc2COC)c1CC. The molecule has 0 amide bonds. The molecule has 0 saturated heterocycles. The van der Waals surface area contributed by atoms with Gasteiger partial charge in [0, 0.05) is 30.5 Å². The number of nitrogens with zero attached hydrogens (tertiary/aromatic N) is 2. The van der Waals surface area contributed by atoms with Crippen LogP contribution in [0.2, 0.25) is 0 Å². The van der Waals surface area contributed by atoms with Crippen LogP contribution >= 0.6 is 0 Å². The van der Waals surface area contributed by atoms with E-state index >= 15 is 0 Å². The summed E-state index contributed by atoms with van der Waals surface area (Å²) >= 11 is 0. The molecule has 5 heteroatoms. The van der Waals surface area contributed by atoms with Gasteiger partial charge in [-0.2, -0.15) is 0 Å². The molecule has 0 atom stereocenters. The number of methoxy groups -OCH3 is 1. The van der Waals surface area contributed by atoms with Crippen LogP contribution in [0.4, 0.5) is 17.3 Å². The van der Waals surface area contributed by atoms with Gasteiger partial charge in [0.1, 0.15) is 18.0 Å². The number of hydrogen-bond acceptors (Lipinski definition) is 5. The number of para-hydroxylation sites is 1. The summed E-state index contributed by atoms with van der Waals surface area (Å²) in [5.41, 5.74) is 3.20. The lowest BCUT2D eigenvalue weighted by Crippen LogP contribution is -2.08. The van der Waals surface area contributed by atoms with Crippen LogP contribution in [0.3, 0.4) is 0 Å². The molecule has 2 aromatic rings. The Morgan fingerprint density at radius 2 is 1.86 bits per heavy atom. The summed E-state index contributed by atoms with van der Waals surface area (Å²) in [5, 5.41) is 6.68. The molecule has 112 valence electrons. The fourth-order valence-electron chi connectivity index (χ4n) is 2.23. The molecule has 0 bridgehead atoms. The van der Waals surface area contributed by atoms with E-state index in [0.717, 1.165) is 41.4 Å². The highest BCUT2D eigenvalue weighted by atomic mass is 16.5. The van der Waals surface area contributed by atoms with Gasteiger partial charge in [0.05, 0.1) is 6.61 Å². The normalized spacial score (nSPS) is 10.4. The minimum absolute atomic E-state index is 0.565. The third kappa shape index (κ3) is 3.70. The van der Waals surface area contributed by atoms with Crippen LogP contribution in [-0.4, -0.2) is 23.6 Å². The molecule has 0 spiro atoms. The Bertz CT molecular complexity index is 586. The van der Waals surface area contributed by atoms with Crippen LogP contribution in [0, 0.1) is 0 Å². The Morgan fingerprint density at radius 1 is 1.10 bits per heavy atom. The lowest BCUT2D eigenvalue weighted by Gasteiger charge is -2.15. The number of benzene rings is 1. The molecular weight excluding hydrogens is 264 g/mol. The van der Waals surface area contributed by atoms with E-state index in [1.54, 1.807) is 13.4 Å². The van der Waals surface area contributed by atoms with E-state index in [1.165, 1.54) is 0 Å². The maximum Gasteiger partial charge on any atom is 0.139 e. The third-order valence-electron chi connectivity index (χ3n) is 3.21. The first-order valence-electron chi connectivity index (χ1n) is 7.21. The molecule has 1 aromatic carbocycles. The number of anilines is 3. The average Bonchev–Trinajstić information content (AvgIpc) is 2.50. The van der Waals surface area contributed by atoms with E-state index in [1.807, 2.05) is 24.3 Å². The summed E-state index contributed by atoms with van der Waals surface area (Å²) in [6.45, 7) is 5.56. The molecule has 0 radical (unpaired) electrons. The Morgan fingerprint density at radius 3 is 2.57 bits per heavy atom. The van der Waals surface area contributed by atoms with Crippen molar-refractivity contribution in [3.63, 3.8) is 0 Å². The largest absolute Gasteiger partial charge is 0.380 e. The second-order valence-corrected chi connectivity index (χ2v) is 4.65. The monoisotopic (exact) mass is 286 g/mol. The lowest BCUT2D eigenvalue weighted by molar-refractivity contribution is 0.185. The van der Waals surface area contributed by atoms with Gasteiger partial charge in [-0.05, 0) is 19.4 Å². The maximum absolute atomic E-state index is 5.24. The first-order chi connectivity index (χ1) is 10.3. The molecule has 0 aliphatic carbocycles. The van der Waals surface area contributed by atoms with Crippen LogP contribution in [0.25, 0.3) is 0 Å². The number of ether oxygens (including phenoxy) is 1. The van der Waals surface area contributed by atoms with Gasteiger partial charge < -0.3 is 15.4 Å². The van der Waals surface area contributed by atoms with Crippen LogP contribution in [0.1, 0.15) is 25.0 Å². The average molecular weight is 286 g/mol. The fourth-order valence-corrected chi connectivity index (χ4v) is 2.23. The molecule has 5 nitrogen and oxygen atoms in total. The zero-order chi connectivity index (χ0) is 15.1. The first-order valence-corrected chi connectivity index (χ1v) is 7.21. The summed E-state index contributed by atoms with van der Waals surface area (Å²) < 4.78 is 5.24. The van der Waals surface area contributed by atoms with Gasteiger partial charge in [-0.3, -0.25) is 0 Å². The van der Waals surface area contributed by atoms with E-state index < -0.39 is 0 Å². The Kier molecular flexibility index (Phi) is 5.51. The maximum atomic E-state index is 5.24. The van der Waals surface area contributed by atoms with Gasteiger partial charge in [0.25, 0.3) is 0 Å². The number of hydrogen-bond donors (Lipinski definition) is 2. The van der Waals surface area contributed by atoms with E-state index in [4.69, 9.17) is 4.74 Å². The van der Waals surface area contributed by atoms with Crippen molar-refractivity contribution in [2.75, 3.05) is 24.3 Å². The van der Waals surface area contributed by atoms with Gasteiger partial charge in [0.2, 0.25) is 0 Å². The molecule has 0 unspecified atom stereocenters. The summed E-state index contributed by atoms with van der Waals surface area (Å²) in [5.74, 6) is 1.73. The minimum atomic E-state index is 0.565. The molecular formula is C16H22N4O. The summed E-state index contributed by atoms with van der Waals surface area (Å²) in [4.78, 5) is 8.70. The Balaban J connectivity index is 2.33. The summed E-state index contributed by atoms with van der Waals surface area (Å²) in [6.07, 6.45) is 2.44. The van der Waals surface area contributed by atoms with Crippen molar-refractivity contribution >= 4 is 17.3 Å². The first kappa shape index (κ1) is 15.3. The third-order valence-corrected chi connectivity index (χ3v) is 3.21. The second-order valence-electron chi connectivity index (χ2n) is 4.65. The van der Waals surface area contributed by atoms with Crippen molar-refractivity contribution in [3.05, 3.63) is 41.7 Å². The molecule has 2 rings (SSSR count). The van der Waals surface area contributed by atoms with Crippen LogP contribution in [0.5, 0.6) is 0 Å². The van der Waals surface area contributed by atoms with Gasteiger partial charge >= 0.3 is 0 Å². The molecule has 2 N–H and O–H groups in total. The standard InChI is InChI=1S/C16H22N4O/c1-4-13-15(17-5-2)18-11-19-16(13)20-14-9-7-6-8-12(14)10-21-3/h6-9,11H,4-5,10H2,1-3H3,(H2,17,18,19,20). The van der Waals surface area contributed by atoms with Crippen LogP contribution < -0.4 is 10.6 Å². The minimum Gasteiger partial charge on any atom is -0.380 e. The van der Waals surface area contributed by atoms with Gasteiger partial charge in [-0.1, -0.05) is 25.1 Å². The van der Waals surface area contributed by atoms with E-state index in [0.29, 0.717) is 6.61 Å². The zero-order valence-electron chi connectivity index (χ0n) is 12.8. The fraction of sp³-hybridized carbons (Fsp3) is 0.375. The van der Waals surface area contributed by atoms with Crippen molar-refractivity contribution in [2.45, 2.75) is 26.9 Å². The lowest BCUT2D eigenvalue weighted by atomic mass is 10.1. The predicted molar refractivity (Wildman–Crippen MR) is 86.0 cm³/mol. The Hall–Kier alpha value is -2.14. The summed E-state index contributed by atoms with van der Waals surface area (Å²) in [7, 11) is 1.70. The topological polar surface area (TPSA) is 59.1 Å². The highest BCUT2D eigenvalue weighted by molar-refractivity contribution is 5.66. The molecule has 21 heavy (non-hydrogen) atoms. The smallest absolute Gasteiger partial charge is 0.139 e. The van der Waals surface area contributed by atoms with E-state index in [9.17, 15) is 0 Å². The van der Waals surface area contributed by atoms with E-state index in [-0.39, 0.29) is 0 Å². The molecule has 0 aliphatic heterocycles. The summed E-state index contributed by atoms with van der Waals surface area (Å²) in [6, 6.07) is 8.08. The van der Waals surface area contributed by atoms with Crippen molar-refractivity contribution in [1.29, 1.82) is 0 Å². The second kappa shape index (κ2) is 7.59. The number of nitrogens with one attached hydrogen (secondary N) is 2. The number of rotatable bonds is 7. The van der Waals surface area contributed by atoms with E-state index in [2.05, 4.69) is 34.4 Å². The Labute approximate surface area is 125 Å². The molecule has 0 fully saturated rings. The van der Waals surface area contributed by atoms with Crippen molar-refractivity contribution < 1.29 is 4.74 Å². The molecule has 1 aromatic heterocycles. The van der Waals surface area contributed by atoms with Gasteiger partial charge in [0.15, 0.2) is 0 Å². The molecule has 0 aliphatic rings.